The Balaban J connectivity index is 0.000000124. The van der Waals surface area contributed by atoms with Crippen molar-refractivity contribution in [3.05, 3.63) is 48.7 Å². The first kappa shape index (κ1) is 9.52. The number of carbonyl (C=O) groups is 1. The van der Waals surface area contributed by atoms with Crippen LogP contribution in [0.15, 0.2) is 48.7 Å². The molecule has 0 saturated carbocycles. The number of aromatic nitrogens is 1. The Labute approximate surface area is 87.4 Å². The van der Waals surface area contributed by atoms with Crippen molar-refractivity contribution in [2.24, 2.45) is 0 Å². The van der Waals surface area contributed by atoms with Gasteiger partial charge in [0.1, 0.15) is 6.61 Å². The molecule has 3 nitrogen and oxygen atoms in total. The number of H-pyrrole nitrogens is 1. The van der Waals surface area contributed by atoms with Gasteiger partial charge in [-0.3, -0.25) is 0 Å². The Morgan fingerprint density at radius 1 is 1.20 bits per heavy atom. The average Bonchev–Trinajstić information content (AvgIpc) is 2.88. The van der Waals surface area contributed by atoms with Crippen molar-refractivity contribution >= 4 is 16.9 Å². The molecule has 1 N–H and O–H groups in total. The van der Waals surface area contributed by atoms with E-state index in [4.69, 9.17) is 0 Å². The summed E-state index contributed by atoms with van der Waals surface area (Å²) in [6.07, 6.45) is 5.05. The molecule has 2 heterocycles. The third-order valence-electron chi connectivity index (χ3n) is 2.04. The SMILES string of the molecule is O=C1C=CCO1.c1ccc2[nH]ccc2c1. The molecule has 1 aliphatic heterocycles. The third-order valence-corrected chi connectivity index (χ3v) is 2.04. The average molecular weight is 201 g/mol. The summed E-state index contributed by atoms with van der Waals surface area (Å²) >= 11 is 0. The lowest BCUT2D eigenvalue weighted by atomic mass is 10.3. The minimum Gasteiger partial charge on any atom is -0.458 e. The van der Waals surface area contributed by atoms with Gasteiger partial charge >= 0.3 is 5.97 Å². The molecule has 0 spiro atoms. The molecule has 76 valence electrons. The molecule has 0 atom stereocenters. The maximum absolute atomic E-state index is 9.93. The summed E-state index contributed by atoms with van der Waals surface area (Å²) in [5.41, 5.74) is 1.21. The minimum atomic E-state index is -0.227. The molecular weight excluding hydrogens is 190 g/mol. The second-order valence-electron chi connectivity index (χ2n) is 3.10. The van der Waals surface area contributed by atoms with Crippen LogP contribution in [0.3, 0.4) is 0 Å². The first-order chi connectivity index (χ1) is 7.36. The van der Waals surface area contributed by atoms with Crippen LogP contribution in [0.2, 0.25) is 0 Å². The molecule has 1 aromatic heterocycles. The summed E-state index contributed by atoms with van der Waals surface area (Å²) in [6, 6.07) is 10.3. The van der Waals surface area contributed by atoms with Crippen LogP contribution in [0.25, 0.3) is 10.9 Å². The van der Waals surface area contributed by atoms with E-state index in [1.54, 1.807) is 6.08 Å². The fourth-order valence-electron chi connectivity index (χ4n) is 1.32. The number of rotatable bonds is 0. The van der Waals surface area contributed by atoms with Gasteiger partial charge in [0.05, 0.1) is 0 Å². The van der Waals surface area contributed by atoms with E-state index in [1.807, 2.05) is 18.3 Å². The van der Waals surface area contributed by atoms with Crippen LogP contribution in [-0.2, 0) is 9.53 Å². The zero-order chi connectivity index (χ0) is 10.5. The molecule has 15 heavy (non-hydrogen) atoms. The molecule has 0 saturated heterocycles. The van der Waals surface area contributed by atoms with Crippen molar-refractivity contribution in [3.8, 4) is 0 Å². The van der Waals surface area contributed by atoms with Gasteiger partial charge in [-0.25, -0.2) is 4.79 Å². The number of benzene rings is 1. The normalized spacial score (nSPS) is 13.5. The lowest BCUT2D eigenvalue weighted by molar-refractivity contribution is -0.134. The number of nitrogens with one attached hydrogen (secondary N) is 1. The second kappa shape index (κ2) is 4.46. The number of esters is 1. The Bertz CT molecular complexity index is 455. The zero-order valence-electron chi connectivity index (χ0n) is 8.14. The minimum absolute atomic E-state index is 0.227. The van der Waals surface area contributed by atoms with Gasteiger partial charge in [0.25, 0.3) is 0 Å². The molecule has 0 aliphatic carbocycles. The molecular formula is C12H11NO2. The van der Waals surface area contributed by atoms with Crippen molar-refractivity contribution in [2.75, 3.05) is 6.61 Å². The van der Waals surface area contributed by atoms with Crippen LogP contribution >= 0.6 is 0 Å². The van der Waals surface area contributed by atoms with Crippen molar-refractivity contribution in [2.45, 2.75) is 0 Å². The fraction of sp³-hybridized carbons (Fsp3) is 0.0833. The molecule has 0 amide bonds. The number of para-hydroxylation sites is 1. The second-order valence-corrected chi connectivity index (χ2v) is 3.10. The van der Waals surface area contributed by atoms with E-state index >= 15 is 0 Å². The largest absolute Gasteiger partial charge is 0.458 e. The third kappa shape index (κ3) is 2.47. The van der Waals surface area contributed by atoms with Crippen LogP contribution in [0, 0.1) is 0 Å². The standard InChI is InChI=1S/C8H7N.C4H4O2/c1-2-4-8-7(3-1)5-6-9-8;5-4-2-1-3-6-4/h1-6,9H;1-2H,3H2. The topological polar surface area (TPSA) is 42.1 Å². The van der Waals surface area contributed by atoms with E-state index in [9.17, 15) is 4.79 Å². The highest BCUT2D eigenvalue weighted by atomic mass is 16.5. The summed E-state index contributed by atoms with van der Waals surface area (Å²) in [4.78, 5) is 13.1. The van der Waals surface area contributed by atoms with Crippen molar-refractivity contribution in [3.63, 3.8) is 0 Å². The molecule has 0 fully saturated rings. The smallest absolute Gasteiger partial charge is 0.330 e. The van der Waals surface area contributed by atoms with Gasteiger partial charge < -0.3 is 9.72 Å². The fourth-order valence-corrected chi connectivity index (χ4v) is 1.32. The lowest BCUT2D eigenvalue weighted by Gasteiger charge is -1.83. The summed E-state index contributed by atoms with van der Waals surface area (Å²) in [5, 5.41) is 1.28. The van der Waals surface area contributed by atoms with Gasteiger partial charge in [0, 0.05) is 17.8 Å². The van der Waals surface area contributed by atoms with Crippen molar-refractivity contribution < 1.29 is 9.53 Å². The Morgan fingerprint density at radius 3 is 2.67 bits per heavy atom. The number of fused-ring (bicyclic) bond motifs is 1. The first-order valence-electron chi connectivity index (χ1n) is 4.72. The van der Waals surface area contributed by atoms with Crippen molar-refractivity contribution in [1.29, 1.82) is 0 Å². The van der Waals surface area contributed by atoms with Gasteiger partial charge in [0.2, 0.25) is 0 Å². The molecule has 1 aliphatic rings. The number of hydrogen-bond donors (Lipinski definition) is 1. The summed E-state index contributed by atoms with van der Waals surface area (Å²) in [7, 11) is 0. The van der Waals surface area contributed by atoms with Crippen LogP contribution in [-0.4, -0.2) is 17.6 Å². The predicted octanol–water partition coefficient (Wildman–Crippen LogP) is 2.27. The monoisotopic (exact) mass is 201 g/mol. The van der Waals surface area contributed by atoms with Gasteiger partial charge in [-0.2, -0.15) is 0 Å². The van der Waals surface area contributed by atoms with E-state index < -0.39 is 0 Å². The molecule has 0 bridgehead atoms. The van der Waals surface area contributed by atoms with Gasteiger partial charge in [-0.15, -0.1) is 0 Å². The summed E-state index contributed by atoms with van der Waals surface area (Å²) < 4.78 is 4.40. The number of ether oxygens (including phenoxy) is 1. The molecule has 1 aromatic carbocycles. The van der Waals surface area contributed by atoms with Crippen LogP contribution in [0.1, 0.15) is 0 Å². The summed E-state index contributed by atoms with van der Waals surface area (Å²) in [5.74, 6) is -0.227. The highest BCUT2D eigenvalue weighted by molar-refractivity contribution is 5.83. The van der Waals surface area contributed by atoms with Crippen molar-refractivity contribution in [1.82, 2.24) is 4.98 Å². The predicted molar refractivity (Wildman–Crippen MR) is 58.4 cm³/mol. The number of carbonyl (C=O) groups excluding carboxylic acids is 1. The Morgan fingerprint density at radius 2 is 2.07 bits per heavy atom. The number of hydrogen-bond acceptors (Lipinski definition) is 2. The molecule has 3 heteroatoms. The highest BCUT2D eigenvalue weighted by Gasteiger charge is 1.98. The number of cyclic esters (lactones) is 1. The Kier molecular flexibility index (Phi) is 2.83. The maximum Gasteiger partial charge on any atom is 0.330 e. The lowest BCUT2D eigenvalue weighted by Crippen LogP contribution is -1.89. The zero-order valence-corrected chi connectivity index (χ0v) is 8.14. The molecule has 2 aromatic rings. The molecule has 0 unspecified atom stereocenters. The van der Waals surface area contributed by atoms with E-state index in [1.165, 1.54) is 17.0 Å². The molecule has 0 radical (unpaired) electrons. The first-order valence-corrected chi connectivity index (χ1v) is 4.72. The van der Waals surface area contributed by atoms with E-state index in [2.05, 4.69) is 27.9 Å². The van der Waals surface area contributed by atoms with Crippen LogP contribution in [0.5, 0.6) is 0 Å². The quantitative estimate of drug-likeness (QED) is 0.664. The number of aromatic amines is 1. The van der Waals surface area contributed by atoms with E-state index in [-0.39, 0.29) is 5.97 Å². The molecule has 3 rings (SSSR count). The van der Waals surface area contributed by atoms with Crippen LogP contribution in [0.4, 0.5) is 0 Å². The van der Waals surface area contributed by atoms with Gasteiger partial charge in [-0.05, 0) is 23.6 Å². The van der Waals surface area contributed by atoms with Crippen LogP contribution < -0.4 is 0 Å². The van der Waals surface area contributed by atoms with Gasteiger partial charge in [-0.1, -0.05) is 18.2 Å². The summed E-state index contributed by atoms with van der Waals surface area (Å²) in [6.45, 7) is 0.457. The Hall–Kier alpha value is -2.03. The highest BCUT2D eigenvalue weighted by Crippen LogP contribution is 2.09. The van der Waals surface area contributed by atoms with E-state index in [0.717, 1.165) is 0 Å². The van der Waals surface area contributed by atoms with E-state index in [0.29, 0.717) is 6.61 Å². The van der Waals surface area contributed by atoms with Gasteiger partial charge in [0.15, 0.2) is 0 Å². The maximum atomic E-state index is 9.93.